The van der Waals surface area contributed by atoms with E-state index in [1.807, 2.05) is 0 Å². The molecule has 0 bridgehead atoms. The minimum Gasteiger partial charge on any atom is -0.382 e. The summed E-state index contributed by atoms with van der Waals surface area (Å²) in [6, 6.07) is 0. The van der Waals surface area contributed by atoms with E-state index in [0.29, 0.717) is 13.2 Å². The summed E-state index contributed by atoms with van der Waals surface area (Å²) in [4.78, 5) is 16.4. The third-order valence-corrected chi connectivity index (χ3v) is 2.31. The van der Waals surface area contributed by atoms with Crippen molar-refractivity contribution in [2.45, 2.75) is 31.8 Å². The van der Waals surface area contributed by atoms with Crippen molar-refractivity contribution in [3.63, 3.8) is 0 Å². The van der Waals surface area contributed by atoms with Gasteiger partial charge in [-0.2, -0.15) is 0 Å². The second-order valence-corrected chi connectivity index (χ2v) is 3.59. The van der Waals surface area contributed by atoms with E-state index < -0.39 is 0 Å². The average Bonchev–Trinajstić information content (AvgIpc) is 2.74. The minimum absolute atomic E-state index is 0.0239. The van der Waals surface area contributed by atoms with Crippen LogP contribution in [0.4, 0.5) is 0 Å². The van der Waals surface area contributed by atoms with Crippen molar-refractivity contribution in [1.29, 1.82) is 0 Å². The van der Waals surface area contributed by atoms with Gasteiger partial charge in [-0.1, -0.05) is 12.8 Å². The third kappa shape index (κ3) is 5.71. The maximum absolute atomic E-state index is 11.2. The molecule has 1 saturated carbocycles. The smallest absolute Gasteiger partial charge is 0.269 e. The summed E-state index contributed by atoms with van der Waals surface area (Å²) in [5.41, 5.74) is 2.40. The molecule has 1 aliphatic carbocycles. The van der Waals surface area contributed by atoms with Gasteiger partial charge in [0, 0.05) is 7.11 Å². The summed E-state index contributed by atoms with van der Waals surface area (Å²) in [7, 11) is 1.59. The third-order valence-electron chi connectivity index (χ3n) is 2.31. The molecule has 0 heterocycles. The number of carbonyl (C=O) groups excluding carboxylic acids is 1. The molecule has 0 aliphatic heterocycles. The number of hydroxylamine groups is 1. The lowest BCUT2D eigenvalue weighted by Crippen LogP contribution is -2.31. The lowest BCUT2D eigenvalue weighted by atomic mass is 10.3. The minimum atomic E-state index is -0.238. The van der Waals surface area contributed by atoms with Crippen LogP contribution in [0.25, 0.3) is 0 Å². The largest absolute Gasteiger partial charge is 0.382 e. The Bertz CT molecular complexity index is 180. The number of rotatable bonds is 7. The van der Waals surface area contributed by atoms with Crippen LogP contribution in [0, 0.1) is 0 Å². The van der Waals surface area contributed by atoms with Gasteiger partial charge in [0.15, 0.2) is 0 Å². The topological polar surface area (TPSA) is 56.8 Å². The van der Waals surface area contributed by atoms with Crippen LogP contribution < -0.4 is 5.48 Å². The molecule has 1 rings (SSSR count). The van der Waals surface area contributed by atoms with E-state index in [2.05, 4.69) is 5.48 Å². The van der Waals surface area contributed by atoms with Gasteiger partial charge in [-0.3, -0.25) is 9.63 Å². The van der Waals surface area contributed by atoms with E-state index >= 15 is 0 Å². The van der Waals surface area contributed by atoms with Gasteiger partial charge < -0.3 is 9.47 Å². The van der Waals surface area contributed by atoms with E-state index in [0.717, 1.165) is 12.8 Å². The van der Waals surface area contributed by atoms with Crippen LogP contribution in [0.3, 0.4) is 0 Å². The molecular weight excluding hydrogens is 198 g/mol. The van der Waals surface area contributed by atoms with E-state index in [1.165, 1.54) is 12.8 Å². The fourth-order valence-electron chi connectivity index (χ4n) is 1.49. The number of amides is 1. The Morgan fingerprint density at radius 2 is 2.07 bits per heavy atom. The lowest BCUT2D eigenvalue weighted by molar-refractivity contribution is -0.143. The molecule has 15 heavy (non-hydrogen) atoms. The van der Waals surface area contributed by atoms with Crippen molar-refractivity contribution in [3.8, 4) is 0 Å². The zero-order chi connectivity index (χ0) is 10.9. The monoisotopic (exact) mass is 217 g/mol. The first-order valence-corrected chi connectivity index (χ1v) is 5.34. The molecule has 88 valence electrons. The molecule has 1 aliphatic rings. The first-order chi connectivity index (χ1) is 7.33. The van der Waals surface area contributed by atoms with E-state index in [-0.39, 0.29) is 18.6 Å². The molecule has 0 radical (unpaired) electrons. The molecule has 1 N–H and O–H groups in total. The van der Waals surface area contributed by atoms with Crippen molar-refractivity contribution >= 4 is 5.91 Å². The van der Waals surface area contributed by atoms with Crippen LogP contribution in [0.5, 0.6) is 0 Å². The summed E-state index contributed by atoms with van der Waals surface area (Å²) < 4.78 is 9.81. The number of methoxy groups -OCH3 is 1. The molecule has 1 fully saturated rings. The molecule has 5 heteroatoms. The quantitative estimate of drug-likeness (QED) is 0.502. The Labute approximate surface area is 90.0 Å². The molecule has 1 amide bonds. The Kier molecular flexibility index (Phi) is 6.31. The SMILES string of the molecule is COCCOCC(=O)NOC1CCCC1. The fraction of sp³-hybridized carbons (Fsp3) is 0.900. The Morgan fingerprint density at radius 1 is 1.33 bits per heavy atom. The molecule has 0 atom stereocenters. The number of nitrogens with one attached hydrogen (secondary N) is 1. The van der Waals surface area contributed by atoms with Crippen LogP contribution in [-0.2, 0) is 19.1 Å². The fourth-order valence-corrected chi connectivity index (χ4v) is 1.49. The molecule has 0 saturated heterocycles. The van der Waals surface area contributed by atoms with Gasteiger partial charge in [-0.25, -0.2) is 5.48 Å². The van der Waals surface area contributed by atoms with Gasteiger partial charge in [-0.05, 0) is 12.8 Å². The molecule has 0 aromatic heterocycles. The highest BCUT2D eigenvalue weighted by Crippen LogP contribution is 2.19. The number of hydrogen-bond donors (Lipinski definition) is 1. The molecule has 5 nitrogen and oxygen atoms in total. The first-order valence-electron chi connectivity index (χ1n) is 5.34. The molecule has 0 aromatic rings. The lowest BCUT2D eigenvalue weighted by Gasteiger charge is -2.11. The van der Waals surface area contributed by atoms with Gasteiger partial charge in [0.2, 0.25) is 0 Å². The van der Waals surface area contributed by atoms with Gasteiger partial charge in [0.25, 0.3) is 5.91 Å². The second kappa shape index (κ2) is 7.62. The zero-order valence-electron chi connectivity index (χ0n) is 9.16. The standard InChI is InChI=1S/C10H19NO4/c1-13-6-7-14-8-10(12)11-15-9-4-2-3-5-9/h9H,2-8H2,1H3,(H,11,12). The van der Waals surface area contributed by atoms with E-state index in [4.69, 9.17) is 14.3 Å². The van der Waals surface area contributed by atoms with Crippen LogP contribution >= 0.6 is 0 Å². The summed E-state index contributed by atoms with van der Waals surface area (Å²) in [6.07, 6.45) is 4.62. The van der Waals surface area contributed by atoms with Gasteiger partial charge in [0.05, 0.1) is 19.3 Å². The number of hydrogen-bond acceptors (Lipinski definition) is 4. The van der Waals surface area contributed by atoms with Gasteiger partial charge in [0.1, 0.15) is 6.61 Å². The predicted molar refractivity (Wildman–Crippen MR) is 54.2 cm³/mol. The molecular formula is C10H19NO4. The number of ether oxygens (including phenoxy) is 2. The molecule has 0 unspecified atom stereocenters. The summed E-state index contributed by atoms with van der Waals surface area (Å²) >= 11 is 0. The molecule has 0 aromatic carbocycles. The maximum atomic E-state index is 11.2. The second-order valence-electron chi connectivity index (χ2n) is 3.59. The first kappa shape index (κ1) is 12.4. The number of carbonyl (C=O) groups is 1. The van der Waals surface area contributed by atoms with Crippen molar-refractivity contribution in [2.75, 3.05) is 26.9 Å². The van der Waals surface area contributed by atoms with Crippen molar-refractivity contribution in [3.05, 3.63) is 0 Å². The Morgan fingerprint density at radius 3 is 2.73 bits per heavy atom. The Hall–Kier alpha value is -0.650. The van der Waals surface area contributed by atoms with Gasteiger partial charge in [-0.15, -0.1) is 0 Å². The molecule has 0 spiro atoms. The van der Waals surface area contributed by atoms with E-state index in [9.17, 15) is 4.79 Å². The average molecular weight is 217 g/mol. The van der Waals surface area contributed by atoms with E-state index in [1.54, 1.807) is 7.11 Å². The van der Waals surface area contributed by atoms with Crippen LogP contribution in [-0.4, -0.2) is 38.9 Å². The highest BCUT2D eigenvalue weighted by Gasteiger charge is 2.16. The maximum Gasteiger partial charge on any atom is 0.269 e. The highest BCUT2D eigenvalue weighted by atomic mass is 16.7. The summed E-state index contributed by atoms with van der Waals surface area (Å²) in [5, 5.41) is 0. The van der Waals surface area contributed by atoms with Crippen molar-refractivity contribution in [1.82, 2.24) is 5.48 Å². The Balaban J connectivity index is 1.93. The van der Waals surface area contributed by atoms with Crippen molar-refractivity contribution in [2.24, 2.45) is 0 Å². The summed E-state index contributed by atoms with van der Waals surface area (Å²) in [6.45, 7) is 0.945. The van der Waals surface area contributed by atoms with Crippen LogP contribution in [0.15, 0.2) is 0 Å². The normalized spacial score (nSPS) is 16.9. The van der Waals surface area contributed by atoms with Crippen molar-refractivity contribution < 1.29 is 19.1 Å². The highest BCUT2D eigenvalue weighted by molar-refractivity contribution is 5.76. The van der Waals surface area contributed by atoms with Crippen LogP contribution in [0.1, 0.15) is 25.7 Å². The summed E-state index contributed by atoms with van der Waals surface area (Å²) in [5.74, 6) is -0.238. The zero-order valence-corrected chi connectivity index (χ0v) is 9.16. The predicted octanol–water partition coefficient (Wildman–Crippen LogP) is 0.640. The van der Waals surface area contributed by atoms with Gasteiger partial charge >= 0.3 is 0 Å². The van der Waals surface area contributed by atoms with Crippen LogP contribution in [0.2, 0.25) is 0 Å².